The van der Waals surface area contributed by atoms with Crippen LogP contribution >= 0.6 is 0 Å². The number of nitrogens with one attached hydrogen (secondary N) is 1. The average Bonchev–Trinajstić information content (AvgIpc) is 2.67. The standard InChI is InChI=1S/C22H41N3O3/c1-7-13-25(18(12-15-26)16(3)4)22(28)20(17(5)8-2)23-21(27)19-11-9-10-14-24(19)6/h15-20H,7-14H2,1-6H3,(H,23,27)/t17-,18?,19+,20-/m0/s1. The van der Waals surface area contributed by atoms with Gasteiger partial charge in [-0.1, -0.05) is 47.5 Å². The highest BCUT2D eigenvalue weighted by Crippen LogP contribution is 2.21. The molecule has 6 nitrogen and oxygen atoms in total. The monoisotopic (exact) mass is 395 g/mol. The van der Waals surface area contributed by atoms with Crippen LogP contribution in [0.1, 0.15) is 73.1 Å². The molecule has 0 radical (unpaired) electrons. The van der Waals surface area contributed by atoms with Gasteiger partial charge in [-0.25, -0.2) is 0 Å². The zero-order valence-corrected chi connectivity index (χ0v) is 18.7. The van der Waals surface area contributed by atoms with Crippen molar-refractivity contribution in [1.82, 2.24) is 15.1 Å². The van der Waals surface area contributed by atoms with E-state index in [4.69, 9.17) is 0 Å². The molecule has 0 spiro atoms. The summed E-state index contributed by atoms with van der Waals surface area (Å²) in [6.07, 6.45) is 5.84. The second-order valence-electron chi connectivity index (χ2n) is 8.61. The van der Waals surface area contributed by atoms with Gasteiger partial charge in [-0.3, -0.25) is 14.5 Å². The smallest absolute Gasteiger partial charge is 0.245 e. The van der Waals surface area contributed by atoms with E-state index in [1.54, 1.807) is 0 Å². The van der Waals surface area contributed by atoms with E-state index in [0.717, 1.165) is 44.9 Å². The van der Waals surface area contributed by atoms with Crippen LogP contribution in [0, 0.1) is 11.8 Å². The van der Waals surface area contributed by atoms with Crippen molar-refractivity contribution < 1.29 is 14.4 Å². The first-order valence-corrected chi connectivity index (χ1v) is 11.0. The predicted octanol–water partition coefficient (Wildman–Crippen LogP) is 2.85. The summed E-state index contributed by atoms with van der Waals surface area (Å²) in [5.74, 6) is 0.115. The van der Waals surface area contributed by atoms with Crippen LogP contribution in [0.3, 0.4) is 0 Å². The Morgan fingerprint density at radius 2 is 1.89 bits per heavy atom. The van der Waals surface area contributed by atoms with Crippen molar-refractivity contribution in [3.8, 4) is 0 Å². The van der Waals surface area contributed by atoms with Crippen molar-refractivity contribution in [3.05, 3.63) is 0 Å². The minimum atomic E-state index is -0.549. The van der Waals surface area contributed by atoms with E-state index in [2.05, 4.69) is 10.2 Å². The lowest BCUT2D eigenvalue weighted by Gasteiger charge is -2.38. The molecule has 0 aromatic rings. The number of likely N-dealkylation sites (tertiary alicyclic amines) is 1. The molecule has 28 heavy (non-hydrogen) atoms. The fourth-order valence-electron chi connectivity index (χ4n) is 4.06. The van der Waals surface area contributed by atoms with Crippen LogP contribution in [-0.4, -0.2) is 66.2 Å². The second-order valence-corrected chi connectivity index (χ2v) is 8.61. The number of piperidine rings is 1. The van der Waals surface area contributed by atoms with Gasteiger partial charge >= 0.3 is 0 Å². The topological polar surface area (TPSA) is 69.7 Å². The highest BCUT2D eigenvalue weighted by atomic mass is 16.2. The van der Waals surface area contributed by atoms with E-state index in [0.29, 0.717) is 13.0 Å². The Labute approximate surface area is 171 Å². The largest absolute Gasteiger partial charge is 0.343 e. The molecular weight excluding hydrogens is 354 g/mol. The average molecular weight is 396 g/mol. The van der Waals surface area contributed by atoms with E-state index < -0.39 is 6.04 Å². The van der Waals surface area contributed by atoms with Gasteiger partial charge in [0.15, 0.2) is 0 Å². The second kappa shape index (κ2) is 12.2. The van der Waals surface area contributed by atoms with E-state index in [1.165, 1.54) is 0 Å². The number of carbonyl (C=O) groups excluding carboxylic acids is 3. The molecule has 0 aromatic heterocycles. The maximum Gasteiger partial charge on any atom is 0.245 e. The molecule has 1 unspecified atom stereocenters. The number of hydrogen-bond donors (Lipinski definition) is 1. The molecule has 6 heteroatoms. The fourth-order valence-corrected chi connectivity index (χ4v) is 4.06. The first-order chi connectivity index (χ1) is 13.3. The number of rotatable bonds is 11. The van der Waals surface area contributed by atoms with E-state index in [9.17, 15) is 14.4 Å². The summed E-state index contributed by atoms with van der Waals surface area (Å²) in [7, 11) is 1.98. The van der Waals surface area contributed by atoms with Gasteiger partial charge in [0, 0.05) is 19.0 Å². The molecule has 0 saturated carbocycles. The normalized spacial score (nSPS) is 21.0. The summed E-state index contributed by atoms with van der Waals surface area (Å²) >= 11 is 0. The lowest BCUT2D eigenvalue weighted by atomic mass is 9.93. The third-order valence-corrected chi connectivity index (χ3v) is 6.11. The SMILES string of the molecule is CCCN(C(=O)[C@@H](NC(=O)[C@H]1CCCCN1C)[C@@H](C)CC)C(CC=O)C(C)C. The fraction of sp³-hybridized carbons (Fsp3) is 0.864. The number of nitrogens with zero attached hydrogens (tertiary/aromatic N) is 2. The number of aldehydes is 1. The van der Waals surface area contributed by atoms with Crippen LogP contribution in [-0.2, 0) is 14.4 Å². The summed E-state index contributed by atoms with van der Waals surface area (Å²) in [5, 5.41) is 3.08. The molecule has 4 atom stereocenters. The third-order valence-electron chi connectivity index (χ3n) is 6.11. The van der Waals surface area contributed by atoms with Gasteiger partial charge in [0.1, 0.15) is 12.3 Å². The van der Waals surface area contributed by atoms with Crippen molar-refractivity contribution in [2.75, 3.05) is 20.1 Å². The number of carbonyl (C=O) groups is 3. The highest BCUT2D eigenvalue weighted by Gasteiger charge is 2.36. The van der Waals surface area contributed by atoms with E-state index >= 15 is 0 Å². The molecule has 0 aliphatic carbocycles. The number of amides is 2. The van der Waals surface area contributed by atoms with Crippen LogP contribution in [0.25, 0.3) is 0 Å². The summed E-state index contributed by atoms with van der Waals surface area (Å²) < 4.78 is 0. The molecular formula is C22H41N3O3. The zero-order chi connectivity index (χ0) is 21.3. The molecule has 0 bridgehead atoms. The van der Waals surface area contributed by atoms with Crippen molar-refractivity contribution >= 4 is 18.1 Å². The van der Waals surface area contributed by atoms with Crippen LogP contribution in [0.4, 0.5) is 0 Å². The molecule has 2 amide bonds. The lowest BCUT2D eigenvalue weighted by Crippen LogP contribution is -2.58. The molecule has 1 rings (SSSR count). The van der Waals surface area contributed by atoms with Gasteiger partial charge in [0.05, 0.1) is 6.04 Å². The van der Waals surface area contributed by atoms with E-state index in [-0.39, 0.29) is 35.7 Å². The van der Waals surface area contributed by atoms with Gasteiger partial charge in [0.2, 0.25) is 11.8 Å². The maximum atomic E-state index is 13.5. The maximum absolute atomic E-state index is 13.5. The van der Waals surface area contributed by atoms with Gasteiger partial charge < -0.3 is 15.0 Å². The quantitative estimate of drug-likeness (QED) is 0.546. The Balaban J connectivity index is 3.05. The zero-order valence-electron chi connectivity index (χ0n) is 18.7. The highest BCUT2D eigenvalue weighted by molar-refractivity contribution is 5.90. The van der Waals surface area contributed by atoms with Gasteiger partial charge in [-0.2, -0.15) is 0 Å². The Morgan fingerprint density at radius 3 is 2.39 bits per heavy atom. The van der Waals surface area contributed by atoms with Crippen LogP contribution < -0.4 is 5.32 Å². The Kier molecular flexibility index (Phi) is 10.7. The molecule has 0 aromatic carbocycles. The number of likely N-dealkylation sites (N-methyl/N-ethyl adjacent to an activating group) is 1. The molecule has 1 N–H and O–H groups in total. The summed E-state index contributed by atoms with van der Waals surface area (Å²) in [6.45, 7) is 11.7. The molecule has 162 valence electrons. The van der Waals surface area contributed by atoms with Gasteiger partial charge in [-0.05, 0) is 44.7 Å². The first kappa shape index (κ1) is 24.6. The Morgan fingerprint density at radius 1 is 1.21 bits per heavy atom. The third kappa shape index (κ3) is 6.57. The number of hydrogen-bond acceptors (Lipinski definition) is 4. The van der Waals surface area contributed by atoms with Gasteiger partial charge in [0.25, 0.3) is 0 Å². The van der Waals surface area contributed by atoms with Crippen molar-refractivity contribution in [2.24, 2.45) is 11.8 Å². The van der Waals surface area contributed by atoms with Crippen molar-refractivity contribution in [1.29, 1.82) is 0 Å². The summed E-state index contributed by atoms with van der Waals surface area (Å²) in [4.78, 5) is 41.6. The molecule has 1 aliphatic heterocycles. The summed E-state index contributed by atoms with van der Waals surface area (Å²) in [5.41, 5.74) is 0. The molecule has 1 saturated heterocycles. The van der Waals surface area contributed by atoms with Crippen LogP contribution in [0.2, 0.25) is 0 Å². The minimum Gasteiger partial charge on any atom is -0.343 e. The summed E-state index contributed by atoms with van der Waals surface area (Å²) in [6, 6.07) is -0.846. The first-order valence-electron chi connectivity index (χ1n) is 11.0. The molecule has 1 aliphatic rings. The van der Waals surface area contributed by atoms with Gasteiger partial charge in [-0.15, -0.1) is 0 Å². The molecule has 1 fully saturated rings. The van der Waals surface area contributed by atoms with Crippen molar-refractivity contribution in [2.45, 2.75) is 91.3 Å². The van der Waals surface area contributed by atoms with Crippen LogP contribution in [0.5, 0.6) is 0 Å². The minimum absolute atomic E-state index is 0.0359. The van der Waals surface area contributed by atoms with Crippen molar-refractivity contribution in [3.63, 3.8) is 0 Å². The Hall–Kier alpha value is -1.43. The Bertz CT molecular complexity index is 509. The predicted molar refractivity (Wildman–Crippen MR) is 113 cm³/mol. The van der Waals surface area contributed by atoms with Crippen LogP contribution in [0.15, 0.2) is 0 Å². The van der Waals surface area contributed by atoms with E-state index in [1.807, 2.05) is 46.6 Å². The molecule has 1 heterocycles. The lowest BCUT2D eigenvalue weighted by molar-refractivity contribution is -0.142.